The Balaban J connectivity index is 1.68. The molecule has 1 saturated carbocycles. The molecule has 3 rings (SSSR count). The van der Waals surface area contributed by atoms with Crippen LogP contribution in [0.1, 0.15) is 55.7 Å². The van der Waals surface area contributed by atoms with Gasteiger partial charge in [-0.2, -0.15) is 5.26 Å². The van der Waals surface area contributed by atoms with Crippen molar-refractivity contribution in [3.63, 3.8) is 0 Å². The molecule has 1 unspecified atom stereocenters. The van der Waals surface area contributed by atoms with Gasteiger partial charge in [0.2, 0.25) is 0 Å². The summed E-state index contributed by atoms with van der Waals surface area (Å²) in [5.41, 5.74) is 2.53. The maximum absolute atomic E-state index is 13.9. The zero-order chi connectivity index (χ0) is 15.5. The van der Waals surface area contributed by atoms with Crippen molar-refractivity contribution in [2.45, 2.75) is 51.9 Å². The van der Waals surface area contributed by atoms with E-state index in [0.717, 1.165) is 30.2 Å². The average molecular weight is 297 g/mol. The first-order chi connectivity index (χ1) is 10.7. The molecule has 0 amide bonds. The van der Waals surface area contributed by atoms with Gasteiger partial charge in [0.1, 0.15) is 11.9 Å². The summed E-state index contributed by atoms with van der Waals surface area (Å²) in [5, 5.41) is 8.95. The molecule has 0 aliphatic heterocycles. The van der Waals surface area contributed by atoms with Gasteiger partial charge < -0.3 is 0 Å². The Bertz CT molecular complexity index is 603. The summed E-state index contributed by atoms with van der Waals surface area (Å²) in [6.07, 6.45) is 13.0. The van der Waals surface area contributed by atoms with Crippen molar-refractivity contribution in [1.29, 1.82) is 5.26 Å². The zero-order valence-electron chi connectivity index (χ0n) is 13.3. The number of hydrogen-bond acceptors (Lipinski definition) is 1. The van der Waals surface area contributed by atoms with Crippen LogP contribution < -0.4 is 0 Å². The summed E-state index contributed by atoms with van der Waals surface area (Å²) >= 11 is 0. The van der Waals surface area contributed by atoms with Gasteiger partial charge in [-0.15, -0.1) is 0 Å². The van der Waals surface area contributed by atoms with E-state index >= 15 is 0 Å². The first kappa shape index (κ1) is 15.3. The third-order valence-electron chi connectivity index (χ3n) is 5.62. The Morgan fingerprint density at radius 1 is 1.09 bits per heavy atom. The fourth-order valence-electron chi connectivity index (χ4n) is 4.38. The molecule has 0 heterocycles. The highest BCUT2D eigenvalue weighted by Crippen LogP contribution is 2.40. The zero-order valence-corrected chi connectivity index (χ0v) is 13.3. The third-order valence-corrected chi connectivity index (χ3v) is 5.62. The normalized spacial score (nSPS) is 28.3. The molecule has 0 spiro atoms. The van der Waals surface area contributed by atoms with Crippen LogP contribution >= 0.6 is 0 Å². The molecule has 0 aromatic heterocycles. The first-order valence-electron chi connectivity index (χ1n) is 8.55. The predicted molar refractivity (Wildman–Crippen MR) is 86.9 cm³/mol. The maximum Gasteiger partial charge on any atom is 0.141 e. The van der Waals surface area contributed by atoms with Crippen LogP contribution in [0.3, 0.4) is 0 Å². The van der Waals surface area contributed by atoms with E-state index in [1.165, 1.54) is 37.7 Å². The van der Waals surface area contributed by atoms with Crippen LogP contribution in [-0.4, -0.2) is 0 Å². The van der Waals surface area contributed by atoms with E-state index in [9.17, 15) is 4.39 Å². The summed E-state index contributed by atoms with van der Waals surface area (Å²) in [7, 11) is 0. The Labute approximate surface area is 132 Å². The molecule has 2 aliphatic carbocycles. The van der Waals surface area contributed by atoms with E-state index in [1.54, 1.807) is 12.1 Å². The highest BCUT2D eigenvalue weighted by atomic mass is 19.1. The summed E-state index contributed by atoms with van der Waals surface area (Å²) in [4.78, 5) is 0. The number of halogens is 1. The lowest BCUT2D eigenvalue weighted by molar-refractivity contribution is 0.206. The van der Waals surface area contributed by atoms with Crippen LogP contribution in [0, 0.1) is 34.9 Å². The Kier molecular flexibility index (Phi) is 4.62. The summed E-state index contributed by atoms with van der Waals surface area (Å²) in [5.74, 6) is 1.92. The van der Waals surface area contributed by atoms with Crippen LogP contribution in [0.5, 0.6) is 0 Å². The summed E-state index contributed by atoms with van der Waals surface area (Å²) in [6, 6.07) is 5.34. The van der Waals surface area contributed by atoms with Crippen molar-refractivity contribution in [1.82, 2.24) is 0 Å². The minimum atomic E-state index is -0.348. The number of aryl methyl sites for hydroxylation is 1. The van der Waals surface area contributed by atoms with Gasteiger partial charge in [-0.1, -0.05) is 12.2 Å². The Morgan fingerprint density at radius 3 is 2.55 bits per heavy atom. The molecule has 22 heavy (non-hydrogen) atoms. The number of fused-ring (bicyclic) bond motifs is 1. The van der Waals surface area contributed by atoms with E-state index in [0.29, 0.717) is 5.92 Å². The molecule has 1 fully saturated rings. The Hall–Kier alpha value is -1.62. The molecule has 0 bridgehead atoms. The topological polar surface area (TPSA) is 23.8 Å². The lowest BCUT2D eigenvalue weighted by atomic mass is 9.69. The van der Waals surface area contributed by atoms with Crippen LogP contribution in [0.15, 0.2) is 24.3 Å². The van der Waals surface area contributed by atoms with Gasteiger partial charge >= 0.3 is 0 Å². The standard InChI is InChI=1S/C20H24FN/c1-2-3-14-4-6-15(7-5-14)16-8-9-17-11-19(13-22)20(21)12-18(17)10-16/h2-3,11-12,14-16H,4-10H2,1H3. The smallest absolute Gasteiger partial charge is 0.141 e. The highest BCUT2D eigenvalue weighted by molar-refractivity contribution is 5.41. The SMILES string of the molecule is CC=CC1CCC(C2CCc3cc(C#N)c(F)cc3C2)CC1. The largest absolute Gasteiger partial charge is 0.206 e. The minimum absolute atomic E-state index is 0.198. The third kappa shape index (κ3) is 3.09. The predicted octanol–water partition coefficient (Wildman–Crippen LogP) is 5.18. The molecule has 0 radical (unpaired) electrons. The molecular formula is C20H24FN. The lowest BCUT2D eigenvalue weighted by Gasteiger charge is -2.36. The number of allylic oxidation sites excluding steroid dienone is 2. The van der Waals surface area contributed by atoms with Crippen molar-refractivity contribution < 1.29 is 4.39 Å². The fraction of sp³-hybridized carbons (Fsp3) is 0.550. The van der Waals surface area contributed by atoms with Crippen molar-refractivity contribution in [3.8, 4) is 6.07 Å². The van der Waals surface area contributed by atoms with Gasteiger partial charge in [0.05, 0.1) is 5.56 Å². The van der Waals surface area contributed by atoms with E-state index in [1.807, 2.05) is 6.07 Å². The van der Waals surface area contributed by atoms with Gasteiger partial charge in [0, 0.05) is 0 Å². The van der Waals surface area contributed by atoms with Crippen LogP contribution in [0.25, 0.3) is 0 Å². The van der Waals surface area contributed by atoms with Crippen LogP contribution in [0.2, 0.25) is 0 Å². The van der Waals surface area contributed by atoms with Crippen LogP contribution in [-0.2, 0) is 12.8 Å². The van der Waals surface area contributed by atoms with Crippen LogP contribution in [0.4, 0.5) is 4.39 Å². The number of nitrogens with zero attached hydrogens (tertiary/aromatic N) is 1. The molecule has 0 N–H and O–H groups in total. The molecule has 1 aromatic rings. The first-order valence-corrected chi connectivity index (χ1v) is 8.55. The van der Waals surface area contributed by atoms with E-state index in [4.69, 9.17) is 5.26 Å². The second-order valence-electron chi connectivity index (χ2n) is 6.92. The highest BCUT2D eigenvalue weighted by Gasteiger charge is 2.30. The number of benzene rings is 1. The molecule has 116 valence electrons. The van der Waals surface area contributed by atoms with Crippen molar-refractivity contribution in [3.05, 3.63) is 46.8 Å². The molecule has 1 aromatic carbocycles. The van der Waals surface area contributed by atoms with E-state index < -0.39 is 0 Å². The fourth-order valence-corrected chi connectivity index (χ4v) is 4.38. The van der Waals surface area contributed by atoms with Gasteiger partial charge in [-0.3, -0.25) is 0 Å². The Morgan fingerprint density at radius 2 is 1.86 bits per heavy atom. The number of rotatable bonds is 2. The molecule has 1 atom stereocenters. The van der Waals surface area contributed by atoms with Gasteiger partial charge in [-0.25, -0.2) is 4.39 Å². The monoisotopic (exact) mass is 297 g/mol. The molecule has 2 heteroatoms. The van der Waals surface area contributed by atoms with E-state index in [-0.39, 0.29) is 11.4 Å². The molecule has 0 saturated heterocycles. The lowest BCUT2D eigenvalue weighted by Crippen LogP contribution is -2.26. The minimum Gasteiger partial charge on any atom is -0.206 e. The molecule has 2 aliphatic rings. The second kappa shape index (κ2) is 6.65. The second-order valence-corrected chi connectivity index (χ2v) is 6.92. The van der Waals surface area contributed by atoms with Gasteiger partial charge in [0.25, 0.3) is 0 Å². The van der Waals surface area contributed by atoms with E-state index in [2.05, 4.69) is 19.1 Å². The average Bonchev–Trinajstić information content (AvgIpc) is 2.54. The maximum atomic E-state index is 13.9. The van der Waals surface area contributed by atoms with Crippen molar-refractivity contribution in [2.75, 3.05) is 0 Å². The summed E-state index contributed by atoms with van der Waals surface area (Å²) < 4.78 is 13.9. The summed E-state index contributed by atoms with van der Waals surface area (Å²) in [6.45, 7) is 2.11. The number of nitriles is 1. The van der Waals surface area contributed by atoms with Crippen molar-refractivity contribution >= 4 is 0 Å². The quantitative estimate of drug-likeness (QED) is 0.690. The number of hydrogen-bond donors (Lipinski definition) is 0. The van der Waals surface area contributed by atoms with Crippen molar-refractivity contribution in [2.24, 2.45) is 17.8 Å². The van der Waals surface area contributed by atoms with Gasteiger partial charge in [0.15, 0.2) is 0 Å². The van der Waals surface area contributed by atoms with Gasteiger partial charge in [-0.05, 0) is 92.9 Å². The molecular weight excluding hydrogens is 273 g/mol. The molecule has 1 nitrogen and oxygen atoms in total.